The zero-order valence-electron chi connectivity index (χ0n) is 8.77. The first-order valence-corrected chi connectivity index (χ1v) is 5.65. The van der Waals surface area contributed by atoms with Crippen LogP contribution in [0.25, 0.3) is 0 Å². The largest absolute Gasteiger partial charge is 0.490 e. The van der Waals surface area contributed by atoms with E-state index in [9.17, 15) is 0 Å². The molecule has 0 radical (unpaired) electrons. The summed E-state index contributed by atoms with van der Waals surface area (Å²) in [6, 6.07) is 1.56. The number of aromatic nitrogens is 1. The van der Waals surface area contributed by atoms with Crippen LogP contribution in [0, 0.1) is 0 Å². The maximum atomic E-state index is 8.99. The third-order valence-electron chi connectivity index (χ3n) is 2.80. The minimum absolute atomic E-state index is 0.311. The molecular weight excluding hydrogens is 228 g/mol. The SMILES string of the molecule is OB(O)c1cnc(C2CCOCC2)c(Cl)c1. The van der Waals surface area contributed by atoms with Crippen molar-refractivity contribution in [2.24, 2.45) is 0 Å². The van der Waals surface area contributed by atoms with Crippen molar-refractivity contribution in [3.8, 4) is 0 Å². The van der Waals surface area contributed by atoms with Gasteiger partial charge in [0.25, 0.3) is 0 Å². The van der Waals surface area contributed by atoms with Crippen LogP contribution >= 0.6 is 11.6 Å². The summed E-state index contributed by atoms with van der Waals surface area (Å²) in [4.78, 5) is 4.22. The molecule has 0 amide bonds. The summed E-state index contributed by atoms with van der Waals surface area (Å²) in [5.74, 6) is 0.311. The molecule has 2 N–H and O–H groups in total. The summed E-state index contributed by atoms with van der Waals surface area (Å²) in [7, 11) is -1.52. The molecule has 0 atom stereocenters. The number of hydrogen-bond donors (Lipinski definition) is 2. The van der Waals surface area contributed by atoms with Crippen molar-refractivity contribution in [3.05, 3.63) is 23.0 Å². The van der Waals surface area contributed by atoms with Crippen LogP contribution < -0.4 is 5.46 Å². The lowest BCUT2D eigenvalue weighted by atomic mass is 9.81. The average Bonchev–Trinajstić information content (AvgIpc) is 2.30. The predicted molar refractivity (Wildman–Crippen MR) is 61.9 cm³/mol. The highest BCUT2D eigenvalue weighted by molar-refractivity contribution is 6.58. The molecule has 1 saturated heterocycles. The minimum atomic E-state index is -1.52. The molecule has 1 aromatic heterocycles. The number of halogens is 1. The molecule has 1 fully saturated rings. The van der Waals surface area contributed by atoms with E-state index in [1.807, 2.05) is 0 Å². The van der Waals surface area contributed by atoms with Gasteiger partial charge in [-0.15, -0.1) is 0 Å². The van der Waals surface area contributed by atoms with Gasteiger partial charge in [-0.25, -0.2) is 0 Å². The summed E-state index contributed by atoms with van der Waals surface area (Å²) >= 11 is 6.08. The minimum Gasteiger partial charge on any atom is -0.423 e. The Morgan fingerprint density at radius 1 is 1.38 bits per heavy atom. The van der Waals surface area contributed by atoms with Gasteiger partial charge in [0.2, 0.25) is 0 Å². The quantitative estimate of drug-likeness (QED) is 0.732. The standard InChI is InChI=1S/C10H13BClNO3/c12-9-5-8(11(14)15)6-13-10(9)7-1-3-16-4-2-7/h5-7,14-15H,1-4H2. The fraction of sp³-hybridized carbons (Fsp3) is 0.500. The molecule has 86 valence electrons. The Balaban J connectivity index is 2.21. The Labute approximate surface area is 99.4 Å². The lowest BCUT2D eigenvalue weighted by Gasteiger charge is -2.22. The van der Waals surface area contributed by atoms with Crippen molar-refractivity contribution in [3.63, 3.8) is 0 Å². The molecule has 16 heavy (non-hydrogen) atoms. The fourth-order valence-electron chi connectivity index (χ4n) is 1.88. The number of rotatable bonds is 2. The Morgan fingerprint density at radius 2 is 2.06 bits per heavy atom. The van der Waals surface area contributed by atoms with Gasteiger partial charge in [-0.05, 0) is 18.9 Å². The summed E-state index contributed by atoms with van der Waals surface area (Å²) in [5, 5.41) is 18.5. The molecule has 2 rings (SSSR count). The number of pyridine rings is 1. The third kappa shape index (κ3) is 2.55. The van der Waals surface area contributed by atoms with Crippen molar-refractivity contribution in [2.75, 3.05) is 13.2 Å². The average molecular weight is 241 g/mol. The molecule has 0 saturated carbocycles. The lowest BCUT2D eigenvalue weighted by molar-refractivity contribution is 0.0845. The fourth-order valence-corrected chi connectivity index (χ4v) is 2.21. The van der Waals surface area contributed by atoms with Crippen molar-refractivity contribution in [2.45, 2.75) is 18.8 Å². The van der Waals surface area contributed by atoms with E-state index in [1.54, 1.807) is 6.07 Å². The van der Waals surface area contributed by atoms with E-state index in [0.717, 1.165) is 31.7 Å². The molecule has 0 spiro atoms. The van der Waals surface area contributed by atoms with Crippen molar-refractivity contribution in [1.29, 1.82) is 0 Å². The molecule has 4 nitrogen and oxygen atoms in total. The molecule has 1 aliphatic rings. The molecule has 1 aromatic rings. The second-order valence-electron chi connectivity index (χ2n) is 3.90. The second-order valence-corrected chi connectivity index (χ2v) is 4.30. The van der Waals surface area contributed by atoms with Gasteiger partial charge < -0.3 is 14.8 Å². The first-order valence-electron chi connectivity index (χ1n) is 5.27. The zero-order chi connectivity index (χ0) is 11.5. The van der Waals surface area contributed by atoms with Gasteiger partial charge >= 0.3 is 7.12 Å². The first-order chi connectivity index (χ1) is 7.68. The van der Waals surface area contributed by atoms with E-state index in [0.29, 0.717) is 16.4 Å². The van der Waals surface area contributed by atoms with Gasteiger partial charge in [0, 0.05) is 30.8 Å². The van der Waals surface area contributed by atoms with Crippen LogP contribution in [0.1, 0.15) is 24.5 Å². The van der Waals surface area contributed by atoms with Gasteiger partial charge in [-0.2, -0.15) is 0 Å². The van der Waals surface area contributed by atoms with E-state index >= 15 is 0 Å². The first kappa shape index (κ1) is 11.9. The monoisotopic (exact) mass is 241 g/mol. The number of ether oxygens (including phenoxy) is 1. The molecule has 0 bridgehead atoms. The Kier molecular flexibility index (Phi) is 3.81. The van der Waals surface area contributed by atoms with E-state index in [2.05, 4.69) is 4.98 Å². The van der Waals surface area contributed by atoms with E-state index in [-0.39, 0.29) is 0 Å². The van der Waals surface area contributed by atoms with Crippen LogP contribution in [-0.2, 0) is 4.74 Å². The summed E-state index contributed by atoms with van der Waals surface area (Å²) in [6.45, 7) is 1.46. The van der Waals surface area contributed by atoms with Crippen LogP contribution in [0.15, 0.2) is 12.3 Å². The third-order valence-corrected chi connectivity index (χ3v) is 3.10. The maximum Gasteiger partial charge on any atom is 0.490 e. The van der Waals surface area contributed by atoms with Gasteiger partial charge in [0.15, 0.2) is 0 Å². The topological polar surface area (TPSA) is 62.6 Å². The van der Waals surface area contributed by atoms with Gasteiger partial charge in [0.1, 0.15) is 0 Å². The summed E-state index contributed by atoms with van der Waals surface area (Å²) in [6.07, 6.45) is 3.28. The van der Waals surface area contributed by atoms with Crippen molar-refractivity contribution < 1.29 is 14.8 Å². The molecule has 1 aliphatic heterocycles. The number of nitrogens with zero attached hydrogens (tertiary/aromatic N) is 1. The van der Waals surface area contributed by atoms with Crippen LogP contribution in [-0.4, -0.2) is 35.4 Å². The Hall–Kier alpha value is -0.615. The highest BCUT2D eigenvalue weighted by Gasteiger charge is 2.21. The molecule has 2 heterocycles. The van der Waals surface area contributed by atoms with E-state index in [1.165, 1.54) is 6.20 Å². The molecule has 0 aliphatic carbocycles. The van der Waals surface area contributed by atoms with Crippen molar-refractivity contribution in [1.82, 2.24) is 4.98 Å². The highest BCUT2D eigenvalue weighted by Crippen LogP contribution is 2.29. The van der Waals surface area contributed by atoms with Gasteiger partial charge in [-0.3, -0.25) is 4.98 Å². The van der Waals surface area contributed by atoms with Gasteiger partial charge in [-0.1, -0.05) is 11.6 Å². The highest BCUT2D eigenvalue weighted by atomic mass is 35.5. The van der Waals surface area contributed by atoms with Crippen LogP contribution in [0.5, 0.6) is 0 Å². The molecule has 6 heteroatoms. The molecular formula is C10H13BClNO3. The molecule has 0 aromatic carbocycles. The Bertz CT molecular complexity index is 369. The molecule has 0 unspecified atom stereocenters. The normalized spacial score (nSPS) is 17.4. The number of hydrogen-bond acceptors (Lipinski definition) is 4. The summed E-state index contributed by atoms with van der Waals surface area (Å²) < 4.78 is 5.27. The van der Waals surface area contributed by atoms with E-state index in [4.69, 9.17) is 26.4 Å². The van der Waals surface area contributed by atoms with Crippen LogP contribution in [0.4, 0.5) is 0 Å². The van der Waals surface area contributed by atoms with Gasteiger partial charge in [0.05, 0.1) is 10.7 Å². The van der Waals surface area contributed by atoms with Crippen LogP contribution in [0.3, 0.4) is 0 Å². The smallest absolute Gasteiger partial charge is 0.423 e. The van der Waals surface area contributed by atoms with Crippen molar-refractivity contribution >= 4 is 24.2 Å². The van der Waals surface area contributed by atoms with Crippen LogP contribution in [0.2, 0.25) is 5.02 Å². The predicted octanol–water partition coefficient (Wildman–Crippen LogP) is 0.309. The lowest BCUT2D eigenvalue weighted by Crippen LogP contribution is -2.30. The second kappa shape index (κ2) is 5.14. The van der Waals surface area contributed by atoms with E-state index < -0.39 is 7.12 Å². The summed E-state index contributed by atoms with van der Waals surface area (Å²) in [5.41, 5.74) is 1.15. The zero-order valence-corrected chi connectivity index (χ0v) is 9.52. The Morgan fingerprint density at radius 3 is 2.62 bits per heavy atom. The maximum absolute atomic E-state index is 8.99.